The third-order valence-electron chi connectivity index (χ3n) is 3.43. The van der Waals surface area contributed by atoms with Crippen LogP contribution in [0.15, 0.2) is 0 Å². The summed E-state index contributed by atoms with van der Waals surface area (Å²) in [4.78, 5) is 5.04. The van der Waals surface area contributed by atoms with E-state index < -0.39 is 0 Å². The molecule has 4 nitrogen and oxygen atoms in total. The lowest BCUT2D eigenvalue weighted by atomic mass is 10.2. The molecule has 0 aliphatic rings. The van der Waals surface area contributed by atoms with Crippen LogP contribution in [-0.4, -0.2) is 61.2 Å². The van der Waals surface area contributed by atoms with Crippen LogP contribution in [0.4, 0.5) is 0 Å². The fraction of sp³-hybridized carbons (Fsp3) is 1.00. The molecule has 0 heterocycles. The van der Waals surface area contributed by atoms with Crippen LogP contribution in [0.2, 0.25) is 0 Å². The second-order valence-corrected chi connectivity index (χ2v) is 5.54. The van der Waals surface area contributed by atoms with Crippen molar-refractivity contribution in [1.29, 1.82) is 0 Å². The van der Waals surface area contributed by atoms with E-state index in [0.717, 1.165) is 52.1 Å². The normalized spacial score (nSPS) is 12.3. The van der Waals surface area contributed by atoms with E-state index in [1.807, 2.05) is 0 Å². The largest absolute Gasteiger partial charge is 0.330 e. The number of nitrogens with two attached hydrogens (primary N) is 2. The van der Waals surface area contributed by atoms with Crippen LogP contribution in [0.25, 0.3) is 0 Å². The molecule has 0 aliphatic heterocycles. The molecule has 0 radical (unpaired) electrons. The van der Waals surface area contributed by atoms with E-state index in [0.29, 0.717) is 12.1 Å². The fourth-order valence-electron chi connectivity index (χ4n) is 2.10. The second-order valence-electron chi connectivity index (χ2n) is 5.54. The van der Waals surface area contributed by atoms with Crippen LogP contribution in [0.1, 0.15) is 40.5 Å². The topological polar surface area (TPSA) is 58.5 Å². The van der Waals surface area contributed by atoms with Gasteiger partial charge < -0.3 is 11.5 Å². The Hall–Kier alpha value is -0.160. The quantitative estimate of drug-likeness (QED) is 0.583. The molecule has 110 valence electrons. The minimum absolute atomic E-state index is 0.597. The van der Waals surface area contributed by atoms with Crippen LogP contribution in [-0.2, 0) is 0 Å². The van der Waals surface area contributed by atoms with Crippen molar-refractivity contribution >= 4 is 0 Å². The average molecular weight is 258 g/mol. The zero-order valence-corrected chi connectivity index (χ0v) is 12.9. The van der Waals surface area contributed by atoms with Gasteiger partial charge >= 0.3 is 0 Å². The first-order valence-electron chi connectivity index (χ1n) is 7.41. The Balaban J connectivity index is 4.10. The van der Waals surface area contributed by atoms with E-state index in [2.05, 4.69) is 37.5 Å². The number of hydrogen-bond acceptors (Lipinski definition) is 4. The van der Waals surface area contributed by atoms with Gasteiger partial charge in [-0.1, -0.05) is 0 Å². The fourth-order valence-corrected chi connectivity index (χ4v) is 2.10. The van der Waals surface area contributed by atoms with Crippen LogP contribution in [0.3, 0.4) is 0 Å². The molecule has 0 atom stereocenters. The van der Waals surface area contributed by atoms with Gasteiger partial charge in [0, 0.05) is 25.2 Å². The first kappa shape index (κ1) is 17.8. The highest BCUT2D eigenvalue weighted by Crippen LogP contribution is 2.04. The lowest BCUT2D eigenvalue weighted by Gasteiger charge is -2.32. The van der Waals surface area contributed by atoms with E-state index in [1.165, 1.54) is 0 Å². The molecule has 0 aromatic heterocycles. The summed E-state index contributed by atoms with van der Waals surface area (Å²) in [7, 11) is 0. The summed E-state index contributed by atoms with van der Waals surface area (Å²) >= 11 is 0. The van der Waals surface area contributed by atoms with Gasteiger partial charge in [-0.2, -0.15) is 0 Å². The molecule has 18 heavy (non-hydrogen) atoms. The van der Waals surface area contributed by atoms with Gasteiger partial charge in [-0.25, -0.2) is 0 Å². The zero-order chi connectivity index (χ0) is 14.0. The van der Waals surface area contributed by atoms with E-state index in [9.17, 15) is 0 Å². The molecule has 0 amide bonds. The highest BCUT2D eigenvalue weighted by atomic mass is 15.2. The van der Waals surface area contributed by atoms with Crippen molar-refractivity contribution in [1.82, 2.24) is 9.80 Å². The Morgan fingerprint density at radius 2 is 1.00 bits per heavy atom. The first-order chi connectivity index (χ1) is 8.52. The first-order valence-corrected chi connectivity index (χ1v) is 7.41. The Labute approximate surface area is 114 Å². The lowest BCUT2D eigenvalue weighted by molar-refractivity contribution is 0.153. The van der Waals surface area contributed by atoms with Crippen molar-refractivity contribution in [3.8, 4) is 0 Å². The lowest BCUT2D eigenvalue weighted by Crippen LogP contribution is -2.42. The Morgan fingerprint density at radius 1 is 0.667 bits per heavy atom. The predicted molar refractivity (Wildman–Crippen MR) is 80.8 cm³/mol. The number of nitrogens with zero attached hydrogens (tertiary/aromatic N) is 2. The van der Waals surface area contributed by atoms with Gasteiger partial charge in [-0.15, -0.1) is 0 Å². The summed E-state index contributed by atoms with van der Waals surface area (Å²) < 4.78 is 0. The molecule has 0 aromatic rings. The van der Waals surface area contributed by atoms with Gasteiger partial charge in [0.25, 0.3) is 0 Å². The molecule has 0 spiro atoms. The highest BCUT2D eigenvalue weighted by molar-refractivity contribution is 4.69. The molecule has 0 saturated heterocycles. The predicted octanol–water partition coefficient (Wildman–Crippen LogP) is 1.10. The molecule has 4 N–H and O–H groups in total. The van der Waals surface area contributed by atoms with Gasteiger partial charge in [0.1, 0.15) is 0 Å². The third kappa shape index (κ3) is 8.03. The SMILES string of the molecule is CC(C)N(CCCN)CCN(CCCN)C(C)C. The summed E-state index contributed by atoms with van der Waals surface area (Å²) in [6.07, 6.45) is 2.17. The number of hydrogen-bond donors (Lipinski definition) is 2. The Bertz CT molecular complexity index is 163. The molecule has 0 aromatic carbocycles. The minimum atomic E-state index is 0.597. The molecular weight excluding hydrogens is 224 g/mol. The van der Waals surface area contributed by atoms with Crippen molar-refractivity contribution in [2.45, 2.75) is 52.6 Å². The molecule has 0 rings (SSSR count). The van der Waals surface area contributed by atoms with Crippen LogP contribution in [0, 0.1) is 0 Å². The summed E-state index contributed by atoms with van der Waals surface area (Å²) in [5, 5.41) is 0. The van der Waals surface area contributed by atoms with Crippen LogP contribution in [0.5, 0.6) is 0 Å². The maximum atomic E-state index is 5.60. The van der Waals surface area contributed by atoms with E-state index >= 15 is 0 Å². The second kappa shape index (κ2) is 10.7. The molecular formula is C14H34N4. The van der Waals surface area contributed by atoms with Gasteiger partial charge in [-0.05, 0) is 66.7 Å². The molecule has 4 heteroatoms. The molecule has 0 fully saturated rings. The van der Waals surface area contributed by atoms with Crippen molar-refractivity contribution in [2.75, 3.05) is 39.3 Å². The van der Waals surface area contributed by atoms with Crippen molar-refractivity contribution in [3.63, 3.8) is 0 Å². The maximum Gasteiger partial charge on any atom is 0.0112 e. The summed E-state index contributed by atoms with van der Waals surface area (Å²) in [6, 6.07) is 1.19. The Morgan fingerprint density at radius 3 is 1.22 bits per heavy atom. The number of rotatable bonds is 11. The van der Waals surface area contributed by atoms with Crippen molar-refractivity contribution < 1.29 is 0 Å². The van der Waals surface area contributed by atoms with Gasteiger partial charge in [-0.3, -0.25) is 9.80 Å². The van der Waals surface area contributed by atoms with Crippen LogP contribution < -0.4 is 11.5 Å². The van der Waals surface area contributed by atoms with Crippen LogP contribution >= 0.6 is 0 Å². The standard InChI is InChI=1S/C14H34N4/c1-13(2)17(9-5-7-15)11-12-18(14(3)4)10-6-8-16/h13-14H,5-12,15-16H2,1-4H3. The maximum absolute atomic E-state index is 5.60. The minimum Gasteiger partial charge on any atom is -0.330 e. The average Bonchev–Trinajstić information content (AvgIpc) is 2.31. The van der Waals surface area contributed by atoms with Crippen molar-refractivity contribution in [2.24, 2.45) is 11.5 Å². The van der Waals surface area contributed by atoms with E-state index in [-0.39, 0.29) is 0 Å². The van der Waals surface area contributed by atoms with Gasteiger partial charge in [0.2, 0.25) is 0 Å². The Kier molecular flexibility index (Phi) is 10.6. The highest BCUT2D eigenvalue weighted by Gasteiger charge is 2.13. The van der Waals surface area contributed by atoms with Crippen molar-refractivity contribution in [3.05, 3.63) is 0 Å². The molecule has 0 bridgehead atoms. The summed E-state index contributed by atoms with van der Waals surface area (Å²) in [5.41, 5.74) is 11.2. The van der Waals surface area contributed by atoms with Gasteiger partial charge in [0.05, 0.1) is 0 Å². The molecule has 0 unspecified atom stereocenters. The van der Waals surface area contributed by atoms with E-state index in [4.69, 9.17) is 11.5 Å². The monoisotopic (exact) mass is 258 g/mol. The smallest absolute Gasteiger partial charge is 0.0112 e. The summed E-state index contributed by atoms with van der Waals surface area (Å²) in [6.45, 7) is 15.1. The molecule has 0 saturated carbocycles. The third-order valence-corrected chi connectivity index (χ3v) is 3.43. The molecule has 0 aliphatic carbocycles. The summed E-state index contributed by atoms with van der Waals surface area (Å²) in [5.74, 6) is 0. The van der Waals surface area contributed by atoms with Gasteiger partial charge in [0.15, 0.2) is 0 Å². The van der Waals surface area contributed by atoms with E-state index in [1.54, 1.807) is 0 Å². The zero-order valence-electron chi connectivity index (χ0n) is 12.9.